The first-order valence-electron chi connectivity index (χ1n) is 5.47. The van der Waals surface area contributed by atoms with E-state index in [1.807, 2.05) is 0 Å². The third-order valence-corrected chi connectivity index (χ3v) is 3.22. The highest BCUT2D eigenvalue weighted by atomic mass is 15.0. The SMILES string of the molecule is CC1(C)CCC(c2ccccc2)CN1. The van der Waals surface area contributed by atoms with E-state index in [2.05, 4.69) is 49.5 Å². The van der Waals surface area contributed by atoms with Crippen molar-refractivity contribution in [2.45, 2.75) is 38.1 Å². The number of benzene rings is 1. The number of hydrogen-bond acceptors (Lipinski definition) is 1. The van der Waals surface area contributed by atoms with Crippen molar-refractivity contribution in [3.63, 3.8) is 0 Å². The summed E-state index contributed by atoms with van der Waals surface area (Å²) in [4.78, 5) is 0. The molecular weight excluding hydrogens is 170 g/mol. The molecule has 1 aromatic carbocycles. The van der Waals surface area contributed by atoms with Crippen LogP contribution in [-0.4, -0.2) is 12.1 Å². The molecule has 1 aliphatic rings. The van der Waals surface area contributed by atoms with Gasteiger partial charge in [-0.25, -0.2) is 0 Å². The van der Waals surface area contributed by atoms with Crippen LogP contribution in [0.15, 0.2) is 30.3 Å². The van der Waals surface area contributed by atoms with Gasteiger partial charge in [-0.3, -0.25) is 0 Å². The Bertz CT molecular complexity index is 279. The topological polar surface area (TPSA) is 12.0 Å². The Morgan fingerprint density at radius 2 is 1.93 bits per heavy atom. The van der Waals surface area contributed by atoms with Crippen molar-refractivity contribution in [2.24, 2.45) is 0 Å². The Morgan fingerprint density at radius 3 is 2.50 bits per heavy atom. The summed E-state index contributed by atoms with van der Waals surface area (Å²) in [6.07, 6.45) is 2.58. The van der Waals surface area contributed by atoms with Gasteiger partial charge in [-0.05, 0) is 38.2 Å². The lowest BCUT2D eigenvalue weighted by Gasteiger charge is -2.36. The molecule has 1 unspecified atom stereocenters. The van der Waals surface area contributed by atoms with Gasteiger partial charge in [0.2, 0.25) is 0 Å². The first kappa shape index (κ1) is 9.72. The molecule has 1 fully saturated rings. The zero-order valence-corrected chi connectivity index (χ0v) is 9.09. The summed E-state index contributed by atoms with van der Waals surface area (Å²) in [6.45, 7) is 5.69. The second kappa shape index (κ2) is 3.74. The van der Waals surface area contributed by atoms with Crippen molar-refractivity contribution in [1.29, 1.82) is 0 Å². The molecule has 0 aliphatic carbocycles. The maximum Gasteiger partial charge on any atom is 0.0125 e. The Hall–Kier alpha value is -0.820. The van der Waals surface area contributed by atoms with Crippen LogP contribution in [0.2, 0.25) is 0 Å². The van der Waals surface area contributed by atoms with Gasteiger partial charge in [-0.15, -0.1) is 0 Å². The number of nitrogens with one attached hydrogen (secondary N) is 1. The van der Waals surface area contributed by atoms with Gasteiger partial charge in [0.25, 0.3) is 0 Å². The second-order valence-electron chi connectivity index (χ2n) is 4.91. The fourth-order valence-corrected chi connectivity index (χ4v) is 2.13. The lowest BCUT2D eigenvalue weighted by atomic mass is 9.83. The molecule has 1 N–H and O–H groups in total. The molecule has 14 heavy (non-hydrogen) atoms. The maximum absolute atomic E-state index is 3.61. The average molecular weight is 189 g/mol. The van der Waals surface area contributed by atoms with Crippen LogP contribution >= 0.6 is 0 Å². The number of hydrogen-bond donors (Lipinski definition) is 1. The highest BCUT2D eigenvalue weighted by Gasteiger charge is 2.26. The fraction of sp³-hybridized carbons (Fsp3) is 0.538. The zero-order valence-electron chi connectivity index (χ0n) is 9.09. The molecule has 2 rings (SSSR count). The standard InChI is InChI=1S/C13H19N/c1-13(2)9-8-12(10-14-13)11-6-4-3-5-7-11/h3-7,12,14H,8-10H2,1-2H3. The summed E-state index contributed by atoms with van der Waals surface area (Å²) < 4.78 is 0. The van der Waals surface area contributed by atoms with E-state index in [-0.39, 0.29) is 0 Å². The van der Waals surface area contributed by atoms with Crippen molar-refractivity contribution < 1.29 is 0 Å². The fourth-order valence-electron chi connectivity index (χ4n) is 2.13. The highest BCUT2D eigenvalue weighted by molar-refractivity contribution is 5.20. The first-order chi connectivity index (χ1) is 6.67. The Kier molecular flexibility index (Phi) is 2.60. The largest absolute Gasteiger partial charge is 0.311 e. The molecule has 0 aromatic heterocycles. The molecule has 0 spiro atoms. The van der Waals surface area contributed by atoms with Crippen LogP contribution in [0.4, 0.5) is 0 Å². The molecule has 1 nitrogen and oxygen atoms in total. The molecule has 1 aliphatic heterocycles. The normalized spacial score (nSPS) is 26.0. The number of piperidine rings is 1. The molecule has 1 heteroatoms. The molecule has 1 aromatic rings. The van der Waals surface area contributed by atoms with Crippen LogP contribution in [0.3, 0.4) is 0 Å². The summed E-state index contributed by atoms with van der Waals surface area (Å²) in [7, 11) is 0. The molecule has 1 saturated heterocycles. The molecule has 0 radical (unpaired) electrons. The minimum Gasteiger partial charge on any atom is -0.311 e. The van der Waals surface area contributed by atoms with E-state index < -0.39 is 0 Å². The third kappa shape index (κ3) is 2.16. The minimum atomic E-state index is 0.339. The van der Waals surface area contributed by atoms with Crippen molar-refractivity contribution in [2.75, 3.05) is 6.54 Å². The quantitative estimate of drug-likeness (QED) is 0.716. The van der Waals surface area contributed by atoms with E-state index in [4.69, 9.17) is 0 Å². The van der Waals surface area contributed by atoms with Crippen LogP contribution in [0.1, 0.15) is 38.2 Å². The van der Waals surface area contributed by atoms with E-state index >= 15 is 0 Å². The summed E-state index contributed by atoms with van der Waals surface area (Å²) in [6, 6.07) is 10.8. The van der Waals surface area contributed by atoms with Crippen LogP contribution < -0.4 is 5.32 Å². The summed E-state index contributed by atoms with van der Waals surface area (Å²) in [5, 5.41) is 3.61. The van der Waals surface area contributed by atoms with E-state index in [0.29, 0.717) is 11.5 Å². The van der Waals surface area contributed by atoms with Gasteiger partial charge < -0.3 is 5.32 Å². The Labute approximate surface area is 86.5 Å². The Balaban J connectivity index is 2.03. The summed E-state index contributed by atoms with van der Waals surface area (Å²) >= 11 is 0. The zero-order chi connectivity index (χ0) is 10.0. The van der Waals surface area contributed by atoms with E-state index in [1.54, 1.807) is 0 Å². The van der Waals surface area contributed by atoms with Gasteiger partial charge in [0, 0.05) is 12.1 Å². The van der Waals surface area contributed by atoms with Crippen LogP contribution in [-0.2, 0) is 0 Å². The van der Waals surface area contributed by atoms with Gasteiger partial charge in [0.05, 0.1) is 0 Å². The third-order valence-electron chi connectivity index (χ3n) is 3.22. The molecule has 1 atom stereocenters. The molecule has 76 valence electrons. The van der Waals surface area contributed by atoms with E-state index in [1.165, 1.54) is 18.4 Å². The molecule has 0 amide bonds. The highest BCUT2D eigenvalue weighted by Crippen LogP contribution is 2.28. The van der Waals surface area contributed by atoms with Gasteiger partial charge in [0.15, 0.2) is 0 Å². The monoisotopic (exact) mass is 189 g/mol. The molecule has 0 bridgehead atoms. The Morgan fingerprint density at radius 1 is 1.21 bits per heavy atom. The number of rotatable bonds is 1. The van der Waals surface area contributed by atoms with Gasteiger partial charge in [0.1, 0.15) is 0 Å². The molecule has 0 saturated carbocycles. The van der Waals surface area contributed by atoms with Gasteiger partial charge in [-0.1, -0.05) is 30.3 Å². The summed E-state index contributed by atoms with van der Waals surface area (Å²) in [5.41, 5.74) is 1.82. The van der Waals surface area contributed by atoms with Crippen molar-refractivity contribution in [3.8, 4) is 0 Å². The van der Waals surface area contributed by atoms with Crippen molar-refractivity contribution in [1.82, 2.24) is 5.32 Å². The maximum atomic E-state index is 3.61. The van der Waals surface area contributed by atoms with Crippen molar-refractivity contribution >= 4 is 0 Å². The lowest BCUT2D eigenvalue weighted by molar-refractivity contribution is 0.280. The van der Waals surface area contributed by atoms with E-state index in [9.17, 15) is 0 Å². The predicted molar refractivity (Wildman–Crippen MR) is 60.5 cm³/mol. The predicted octanol–water partition coefficient (Wildman–Crippen LogP) is 2.93. The smallest absolute Gasteiger partial charge is 0.0125 e. The first-order valence-corrected chi connectivity index (χ1v) is 5.47. The van der Waals surface area contributed by atoms with Crippen molar-refractivity contribution in [3.05, 3.63) is 35.9 Å². The molecular formula is C13H19N. The van der Waals surface area contributed by atoms with Gasteiger partial charge in [-0.2, -0.15) is 0 Å². The second-order valence-corrected chi connectivity index (χ2v) is 4.91. The molecule has 1 heterocycles. The van der Waals surface area contributed by atoms with Crippen LogP contribution in [0.5, 0.6) is 0 Å². The van der Waals surface area contributed by atoms with Crippen LogP contribution in [0.25, 0.3) is 0 Å². The minimum absolute atomic E-state index is 0.339. The lowest BCUT2D eigenvalue weighted by Crippen LogP contribution is -2.45. The van der Waals surface area contributed by atoms with Gasteiger partial charge >= 0.3 is 0 Å². The van der Waals surface area contributed by atoms with Crippen LogP contribution in [0, 0.1) is 0 Å². The van der Waals surface area contributed by atoms with E-state index in [0.717, 1.165) is 6.54 Å². The summed E-state index contributed by atoms with van der Waals surface area (Å²) in [5.74, 6) is 0.712. The average Bonchev–Trinajstić information content (AvgIpc) is 2.19.